The van der Waals surface area contributed by atoms with Crippen LogP contribution in [0.3, 0.4) is 0 Å². The SMILES string of the molecule is CC1(C)CCCN(C(=O)c2cncc(C#CCN)c2)CC1. The van der Waals surface area contributed by atoms with Crippen molar-refractivity contribution in [2.75, 3.05) is 19.6 Å². The molecule has 21 heavy (non-hydrogen) atoms. The Hall–Kier alpha value is -1.86. The number of hydrogen-bond donors (Lipinski definition) is 1. The molecule has 2 heterocycles. The van der Waals surface area contributed by atoms with Crippen LogP contribution in [0.15, 0.2) is 18.5 Å². The van der Waals surface area contributed by atoms with Gasteiger partial charge in [0.05, 0.1) is 12.1 Å². The smallest absolute Gasteiger partial charge is 0.255 e. The molecular formula is C17H23N3O. The molecule has 112 valence electrons. The van der Waals surface area contributed by atoms with Gasteiger partial charge in [0.1, 0.15) is 0 Å². The highest BCUT2D eigenvalue weighted by Crippen LogP contribution is 2.30. The predicted octanol–water partition coefficient (Wildman–Crippen LogP) is 2.04. The normalized spacial score (nSPS) is 17.6. The summed E-state index contributed by atoms with van der Waals surface area (Å²) < 4.78 is 0. The average Bonchev–Trinajstić information content (AvgIpc) is 2.65. The molecule has 0 aliphatic carbocycles. The van der Waals surface area contributed by atoms with Crippen molar-refractivity contribution in [3.8, 4) is 11.8 Å². The van der Waals surface area contributed by atoms with Crippen LogP contribution in [0.1, 0.15) is 49.0 Å². The molecule has 4 heteroatoms. The van der Waals surface area contributed by atoms with E-state index in [1.807, 2.05) is 4.90 Å². The van der Waals surface area contributed by atoms with Crippen LogP contribution in [0, 0.1) is 17.3 Å². The van der Waals surface area contributed by atoms with Crippen LogP contribution in [0.5, 0.6) is 0 Å². The highest BCUT2D eigenvalue weighted by atomic mass is 16.2. The minimum Gasteiger partial charge on any atom is -0.339 e. The highest BCUT2D eigenvalue weighted by molar-refractivity contribution is 5.94. The molecule has 1 saturated heterocycles. The third-order valence-electron chi connectivity index (χ3n) is 3.95. The van der Waals surface area contributed by atoms with E-state index in [2.05, 4.69) is 30.7 Å². The topological polar surface area (TPSA) is 59.2 Å². The molecule has 1 aromatic heterocycles. The maximum atomic E-state index is 12.6. The maximum Gasteiger partial charge on any atom is 0.255 e. The van der Waals surface area contributed by atoms with Crippen molar-refractivity contribution in [1.29, 1.82) is 0 Å². The third kappa shape index (κ3) is 4.30. The number of nitrogens with two attached hydrogens (primary N) is 1. The van der Waals surface area contributed by atoms with Gasteiger partial charge in [-0.25, -0.2) is 0 Å². The molecule has 1 aliphatic rings. The lowest BCUT2D eigenvalue weighted by atomic mass is 9.85. The number of carbonyl (C=O) groups excluding carboxylic acids is 1. The van der Waals surface area contributed by atoms with E-state index in [4.69, 9.17) is 5.73 Å². The fourth-order valence-corrected chi connectivity index (χ4v) is 2.59. The summed E-state index contributed by atoms with van der Waals surface area (Å²) in [5.74, 6) is 5.76. The van der Waals surface area contributed by atoms with Crippen LogP contribution in [0.25, 0.3) is 0 Å². The monoisotopic (exact) mass is 285 g/mol. The zero-order valence-electron chi connectivity index (χ0n) is 12.9. The summed E-state index contributed by atoms with van der Waals surface area (Å²) in [6, 6.07) is 1.80. The number of pyridine rings is 1. The molecule has 1 fully saturated rings. The number of rotatable bonds is 1. The minimum atomic E-state index is 0.0524. The van der Waals surface area contributed by atoms with Gasteiger partial charge in [-0.3, -0.25) is 9.78 Å². The minimum absolute atomic E-state index is 0.0524. The van der Waals surface area contributed by atoms with Crippen LogP contribution >= 0.6 is 0 Å². The summed E-state index contributed by atoms with van der Waals surface area (Å²) in [4.78, 5) is 18.7. The fourth-order valence-electron chi connectivity index (χ4n) is 2.59. The molecule has 1 aromatic rings. The first-order chi connectivity index (χ1) is 10.0. The molecule has 4 nitrogen and oxygen atoms in total. The molecule has 0 atom stereocenters. The quantitative estimate of drug-likeness (QED) is 0.803. The summed E-state index contributed by atoms with van der Waals surface area (Å²) in [7, 11) is 0. The van der Waals surface area contributed by atoms with Gasteiger partial charge in [0, 0.05) is 31.0 Å². The van der Waals surface area contributed by atoms with E-state index < -0.39 is 0 Å². The van der Waals surface area contributed by atoms with Gasteiger partial charge >= 0.3 is 0 Å². The van der Waals surface area contributed by atoms with E-state index >= 15 is 0 Å². The summed E-state index contributed by atoms with van der Waals surface area (Å²) in [6.07, 6.45) is 6.53. The predicted molar refractivity (Wildman–Crippen MR) is 83.7 cm³/mol. The van der Waals surface area contributed by atoms with Gasteiger partial charge in [-0.15, -0.1) is 0 Å². The average molecular weight is 285 g/mol. The van der Waals surface area contributed by atoms with Crippen molar-refractivity contribution in [1.82, 2.24) is 9.88 Å². The van der Waals surface area contributed by atoms with E-state index in [9.17, 15) is 4.79 Å². The Morgan fingerprint density at radius 3 is 2.95 bits per heavy atom. The molecule has 1 amide bonds. The Bertz CT molecular complexity index is 569. The lowest BCUT2D eigenvalue weighted by Crippen LogP contribution is -2.32. The van der Waals surface area contributed by atoms with E-state index in [-0.39, 0.29) is 5.91 Å². The van der Waals surface area contributed by atoms with Crippen LogP contribution in [-0.4, -0.2) is 35.4 Å². The van der Waals surface area contributed by atoms with Crippen molar-refractivity contribution in [2.24, 2.45) is 11.1 Å². The molecule has 2 rings (SSSR count). The largest absolute Gasteiger partial charge is 0.339 e. The van der Waals surface area contributed by atoms with Crippen molar-refractivity contribution in [2.45, 2.75) is 33.1 Å². The van der Waals surface area contributed by atoms with Crippen LogP contribution in [0.2, 0.25) is 0 Å². The first-order valence-corrected chi connectivity index (χ1v) is 7.45. The summed E-state index contributed by atoms with van der Waals surface area (Å²) in [6.45, 7) is 6.47. The van der Waals surface area contributed by atoms with Gasteiger partial charge in [-0.1, -0.05) is 25.7 Å². The Kier molecular flexibility index (Phi) is 4.98. The van der Waals surface area contributed by atoms with Gasteiger partial charge in [0.2, 0.25) is 0 Å². The second kappa shape index (κ2) is 6.73. The molecule has 0 saturated carbocycles. The summed E-state index contributed by atoms with van der Waals surface area (Å²) >= 11 is 0. The standard InChI is InChI=1S/C17H23N3O/c1-17(2)6-4-9-20(10-7-17)16(21)15-11-14(5-3-8-18)12-19-13-15/h11-13H,4,6-10,18H2,1-2H3. The zero-order valence-corrected chi connectivity index (χ0v) is 12.9. The second-order valence-electron chi connectivity index (χ2n) is 6.28. The van der Waals surface area contributed by atoms with Crippen LogP contribution < -0.4 is 5.73 Å². The van der Waals surface area contributed by atoms with Crippen molar-refractivity contribution >= 4 is 5.91 Å². The third-order valence-corrected chi connectivity index (χ3v) is 3.95. The van der Waals surface area contributed by atoms with Crippen LogP contribution in [-0.2, 0) is 0 Å². The van der Waals surface area contributed by atoms with E-state index in [1.54, 1.807) is 18.5 Å². The number of aromatic nitrogens is 1. The number of nitrogens with zero attached hydrogens (tertiary/aromatic N) is 2. The Morgan fingerprint density at radius 1 is 1.38 bits per heavy atom. The summed E-state index contributed by atoms with van der Waals surface area (Å²) in [5.41, 5.74) is 7.03. The van der Waals surface area contributed by atoms with Gasteiger partial charge in [0.25, 0.3) is 5.91 Å². The number of carbonyl (C=O) groups is 1. The van der Waals surface area contributed by atoms with Crippen LogP contribution in [0.4, 0.5) is 0 Å². The molecule has 2 N–H and O–H groups in total. The number of amides is 1. The van der Waals surface area contributed by atoms with Gasteiger partial charge in [-0.05, 0) is 30.7 Å². The van der Waals surface area contributed by atoms with Gasteiger partial charge < -0.3 is 10.6 Å². The number of hydrogen-bond acceptors (Lipinski definition) is 3. The first-order valence-electron chi connectivity index (χ1n) is 7.45. The van der Waals surface area contributed by atoms with Crippen molar-refractivity contribution < 1.29 is 4.79 Å². The van der Waals surface area contributed by atoms with Gasteiger partial charge in [-0.2, -0.15) is 0 Å². The molecule has 0 aromatic carbocycles. The molecular weight excluding hydrogens is 262 g/mol. The van der Waals surface area contributed by atoms with E-state index in [1.165, 1.54) is 0 Å². The number of likely N-dealkylation sites (tertiary alicyclic amines) is 1. The molecule has 0 unspecified atom stereocenters. The highest BCUT2D eigenvalue weighted by Gasteiger charge is 2.26. The van der Waals surface area contributed by atoms with Gasteiger partial charge in [0.15, 0.2) is 0 Å². The molecule has 1 aliphatic heterocycles. The Labute approximate surface area is 126 Å². The summed E-state index contributed by atoms with van der Waals surface area (Å²) in [5, 5.41) is 0. The second-order valence-corrected chi connectivity index (χ2v) is 6.28. The van der Waals surface area contributed by atoms with Crippen molar-refractivity contribution in [3.05, 3.63) is 29.6 Å². The molecule has 0 spiro atoms. The Balaban J connectivity index is 2.12. The van der Waals surface area contributed by atoms with Crippen molar-refractivity contribution in [3.63, 3.8) is 0 Å². The fraction of sp³-hybridized carbons (Fsp3) is 0.529. The molecule has 0 bridgehead atoms. The lowest BCUT2D eigenvalue weighted by Gasteiger charge is -2.23. The maximum absolute atomic E-state index is 12.6. The Morgan fingerprint density at radius 2 is 2.19 bits per heavy atom. The van der Waals surface area contributed by atoms with E-state index in [0.29, 0.717) is 17.5 Å². The van der Waals surface area contributed by atoms with E-state index in [0.717, 1.165) is 37.9 Å². The first kappa shape index (κ1) is 15.5. The molecule has 0 radical (unpaired) electrons. The lowest BCUT2D eigenvalue weighted by molar-refractivity contribution is 0.0757. The zero-order chi connectivity index (χ0) is 15.3.